The van der Waals surface area contributed by atoms with E-state index in [0.717, 1.165) is 40.8 Å². The van der Waals surface area contributed by atoms with Crippen molar-refractivity contribution in [3.05, 3.63) is 118 Å². The number of hydrogen-bond acceptors (Lipinski definition) is 9. The lowest BCUT2D eigenvalue weighted by Crippen LogP contribution is -2.60. The summed E-state index contributed by atoms with van der Waals surface area (Å²) in [5.74, 6) is -0.746. The average molecular weight is 773 g/mol. The predicted octanol–water partition coefficient (Wildman–Crippen LogP) is 6.54. The largest absolute Gasteiger partial charge is 0.384 e. The van der Waals surface area contributed by atoms with E-state index in [4.69, 9.17) is 19.9 Å². The molecule has 4 N–H and O–H groups in total. The molecule has 3 aromatic rings. The Morgan fingerprint density at radius 2 is 1.95 bits per heavy atom. The van der Waals surface area contributed by atoms with Gasteiger partial charge in [-0.15, -0.1) is 6.58 Å². The van der Waals surface area contributed by atoms with Crippen LogP contribution in [-0.4, -0.2) is 89.8 Å². The van der Waals surface area contributed by atoms with Crippen LogP contribution in [0.5, 0.6) is 0 Å². The van der Waals surface area contributed by atoms with Crippen molar-refractivity contribution in [2.75, 3.05) is 72.6 Å². The molecule has 0 unspecified atom stereocenters. The standard InChI is InChI=1S/C38H47F2N5O3.C6H11NO/c1-5-45(15-14-44-33-19-30(35(21-41)37(40)20-33)12-16-47-24-38(42)25-48-26-38)22-28-9-10-31(36(39)17-28)18-29(11-13-43-3)34-8-6-7-32(23-46-4)27(34)2;1-3-4-5-6(8)7-2/h6-11,13,17,19-20,44H,5,12,14-16,18,22-26,42H2,1-4H3;3H,1,4-5H2,2H3,(H,7,8)/b29-11-,43-13?;. The van der Waals surface area contributed by atoms with Gasteiger partial charge in [-0.1, -0.05) is 43.3 Å². The summed E-state index contributed by atoms with van der Waals surface area (Å²) in [6, 6.07) is 16.6. The highest BCUT2D eigenvalue weighted by Crippen LogP contribution is 2.27. The summed E-state index contributed by atoms with van der Waals surface area (Å²) in [6.45, 7) is 12.2. The van der Waals surface area contributed by atoms with Crippen LogP contribution in [0.3, 0.4) is 0 Å². The first-order chi connectivity index (χ1) is 27.0. The van der Waals surface area contributed by atoms with Gasteiger partial charge in [0.25, 0.3) is 0 Å². The van der Waals surface area contributed by atoms with Gasteiger partial charge in [0, 0.05) is 65.6 Å². The summed E-state index contributed by atoms with van der Waals surface area (Å²) < 4.78 is 46.5. The molecule has 12 heteroatoms. The molecule has 1 saturated heterocycles. The normalized spacial score (nSPS) is 13.5. The monoisotopic (exact) mass is 772 g/mol. The van der Waals surface area contributed by atoms with Gasteiger partial charge in [0.1, 0.15) is 17.7 Å². The summed E-state index contributed by atoms with van der Waals surface area (Å²) in [6.07, 6.45) is 7.54. The molecule has 1 aliphatic rings. The molecular formula is C44H58F2N6O4. The number of rotatable bonds is 21. The Bertz CT molecular complexity index is 1840. The number of ether oxygens (including phenoxy) is 3. The first kappa shape index (κ1) is 45.6. The Labute approximate surface area is 331 Å². The summed E-state index contributed by atoms with van der Waals surface area (Å²) >= 11 is 0. The topological polar surface area (TPSA) is 134 Å². The molecule has 0 saturated carbocycles. The number of carbonyl (C=O) groups excluding carboxylic acids is 1. The average Bonchev–Trinajstić information content (AvgIpc) is 3.18. The number of nitriles is 1. The van der Waals surface area contributed by atoms with Crippen molar-refractivity contribution in [2.45, 2.75) is 58.2 Å². The van der Waals surface area contributed by atoms with E-state index in [1.807, 2.05) is 42.5 Å². The third kappa shape index (κ3) is 14.4. The lowest BCUT2D eigenvalue weighted by atomic mass is 9.91. The second kappa shape index (κ2) is 24.0. The molecule has 302 valence electrons. The number of halogens is 2. The number of nitrogens with zero attached hydrogens (tertiary/aromatic N) is 3. The minimum Gasteiger partial charge on any atom is -0.384 e. The van der Waals surface area contributed by atoms with Crippen LogP contribution in [0.25, 0.3) is 5.57 Å². The van der Waals surface area contributed by atoms with Gasteiger partial charge in [-0.25, -0.2) is 8.78 Å². The van der Waals surface area contributed by atoms with Crippen LogP contribution in [0.4, 0.5) is 14.5 Å². The molecule has 1 aliphatic heterocycles. The lowest BCUT2D eigenvalue weighted by Gasteiger charge is -2.37. The van der Waals surface area contributed by atoms with Crippen LogP contribution in [0.2, 0.25) is 0 Å². The number of methoxy groups -OCH3 is 1. The quantitative estimate of drug-likeness (QED) is 0.0632. The lowest BCUT2D eigenvalue weighted by molar-refractivity contribution is -0.120. The minimum absolute atomic E-state index is 0.0232. The molecule has 0 aliphatic carbocycles. The van der Waals surface area contributed by atoms with E-state index in [-0.39, 0.29) is 17.3 Å². The number of aliphatic imine (C=N–C) groups is 1. The Kier molecular flexibility index (Phi) is 19.5. The number of likely N-dealkylation sites (N-methyl/N-ethyl adjacent to an activating group) is 1. The van der Waals surface area contributed by atoms with E-state index in [1.165, 1.54) is 6.07 Å². The van der Waals surface area contributed by atoms with Crippen LogP contribution in [0.1, 0.15) is 58.7 Å². The number of benzene rings is 3. The molecule has 1 fully saturated rings. The van der Waals surface area contributed by atoms with Crippen molar-refractivity contribution in [2.24, 2.45) is 10.7 Å². The third-order valence-electron chi connectivity index (χ3n) is 9.45. The fraction of sp³-hybridized carbons (Fsp3) is 0.432. The van der Waals surface area contributed by atoms with Crippen molar-refractivity contribution < 1.29 is 27.8 Å². The number of hydrogen-bond donors (Lipinski definition) is 3. The Morgan fingerprint density at radius 3 is 2.57 bits per heavy atom. The Morgan fingerprint density at radius 1 is 1.16 bits per heavy atom. The van der Waals surface area contributed by atoms with Crippen LogP contribution >= 0.6 is 0 Å². The Balaban J connectivity index is 0.000000946. The van der Waals surface area contributed by atoms with Crippen LogP contribution in [-0.2, 0) is 45.0 Å². The van der Waals surface area contributed by atoms with Gasteiger partial charge in [0.15, 0.2) is 0 Å². The fourth-order valence-corrected chi connectivity index (χ4v) is 6.11. The highest BCUT2D eigenvalue weighted by molar-refractivity contribution is 5.86. The molecule has 0 atom stereocenters. The molecule has 0 bridgehead atoms. The number of amides is 1. The summed E-state index contributed by atoms with van der Waals surface area (Å²) in [4.78, 5) is 16.7. The van der Waals surface area contributed by atoms with Gasteiger partial charge in [-0.05, 0) is 89.5 Å². The van der Waals surface area contributed by atoms with E-state index in [1.54, 1.807) is 45.6 Å². The van der Waals surface area contributed by atoms with Gasteiger partial charge < -0.3 is 30.6 Å². The SMILES string of the molecule is C=CCCC(=O)NC.CCN(CCNc1cc(F)c(C#N)c(CCOCC2(N)COC2)c1)Cc1ccc(C/C(=C/C=NC)c2cccc(COC)c2C)c(F)c1. The number of nitrogens with two attached hydrogens (primary N) is 1. The van der Waals surface area contributed by atoms with E-state index in [2.05, 4.69) is 41.0 Å². The van der Waals surface area contributed by atoms with Gasteiger partial charge in [0.2, 0.25) is 5.91 Å². The van der Waals surface area contributed by atoms with E-state index in [9.17, 15) is 14.4 Å². The maximum Gasteiger partial charge on any atom is 0.220 e. The van der Waals surface area contributed by atoms with Gasteiger partial charge >= 0.3 is 0 Å². The molecule has 0 radical (unpaired) electrons. The summed E-state index contributed by atoms with van der Waals surface area (Å²) in [5, 5.41) is 15.3. The fourth-order valence-electron chi connectivity index (χ4n) is 6.11. The smallest absolute Gasteiger partial charge is 0.220 e. The number of anilines is 1. The molecule has 10 nitrogen and oxygen atoms in total. The predicted molar refractivity (Wildman–Crippen MR) is 221 cm³/mol. The minimum atomic E-state index is -0.569. The molecule has 0 aromatic heterocycles. The molecule has 3 aromatic carbocycles. The van der Waals surface area contributed by atoms with E-state index >= 15 is 4.39 Å². The zero-order valence-electron chi connectivity index (χ0n) is 33.6. The van der Waals surface area contributed by atoms with Gasteiger partial charge in [-0.3, -0.25) is 14.7 Å². The van der Waals surface area contributed by atoms with Crippen LogP contribution in [0.15, 0.2) is 72.3 Å². The van der Waals surface area contributed by atoms with Gasteiger partial charge in [0.05, 0.1) is 44.1 Å². The second-order valence-electron chi connectivity index (χ2n) is 13.8. The zero-order valence-corrected chi connectivity index (χ0v) is 33.6. The Hall–Kier alpha value is -4.77. The zero-order chi connectivity index (χ0) is 40.9. The maximum absolute atomic E-state index is 15.5. The summed E-state index contributed by atoms with van der Waals surface area (Å²) in [5.41, 5.74) is 12.5. The molecule has 56 heavy (non-hydrogen) atoms. The van der Waals surface area contributed by atoms with Crippen molar-refractivity contribution in [1.29, 1.82) is 5.26 Å². The molecule has 4 rings (SSSR count). The van der Waals surface area contributed by atoms with Crippen LogP contribution < -0.4 is 16.4 Å². The maximum atomic E-state index is 15.5. The highest BCUT2D eigenvalue weighted by atomic mass is 19.1. The highest BCUT2D eigenvalue weighted by Gasteiger charge is 2.34. The van der Waals surface area contributed by atoms with Gasteiger partial charge in [-0.2, -0.15) is 5.26 Å². The van der Waals surface area contributed by atoms with Crippen molar-refractivity contribution in [3.8, 4) is 6.07 Å². The molecule has 0 spiro atoms. The number of carbonyl (C=O) groups is 1. The second-order valence-corrected chi connectivity index (χ2v) is 13.8. The summed E-state index contributed by atoms with van der Waals surface area (Å²) in [7, 11) is 5.02. The first-order valence-corrected chi connectivity index (χ1v) is 18.9. The van der Waals surface area contributed by atoms with Crippen molar-refractivity contribution >= 4 is 23.4 Å². The number of allylic oxidation sites excluding steroid dienone is 3. The number of nitrogens with one attached hydrogen (secondary N) is 2. The third-order valence-corrected chi connectivity index (χ3v) is 9.45. The molecule has 1 heterocycles. The van der Waals surface area contributed by atoms with E-state index < -0.39 is 11.4 Å². The molecular weight excluding hydrogens is 715 g/mol. The first-order valence-electron chi connectivity index (χ1n) is 18.9. The van der Waals surface area contributed by atoms with E-state index in [0.29, 0.717) is 88.7 Å². The van der Waals surface area contributed by atoms with Crippen molar-refractivity contribution in [1.82, 2.24) is 10.2 Å². The van der Waals surface area contributed by atoms with Crippen LogP contribution in [0, 0.1) is 29.9 Å². The van der Waals surface area contributed by atoms with Crippen molar-refractivity contribution in [3.63, 3.8) is 0 Å². The molecule has 1 amide bonds.